The fourth-order valence-corrected chi connectivity index (χ4v) is 6.45. The number of carbonyl (C=O) groups is 3. The van der Waals surface area contributed by atoms with E-state index in [2.05, 4.69) is 10.1 Å². The van der Waals surface area contributed by atoms with Crippen LogP contribution in [0.4, 0.5) is 5.82 Å². The number of nitrogens with zero attached hydrogens (tertiary/aromatic N) is 6. The molecule has 4 N–H and O–H groups in total. The summed E-state index contributed by atoms with van der Waals surface area (Å²) in [5, 5.41) is 25.3. The van der Waals surface area contributed by atoms with Crippen molar-refractivity contribution in [2.24, 2.45) is 0 Å². The summed E-state index contributed by atoms with van der Waals surface area (Å²) >= 11 is 0. The lowest BCUT2D eigenvalue weighted by Gasteiger charge is -2.42. The normalized spacial score (nSPS) is 17.8. The average Bonchev–Trinajstić information content (AvgIpc) is 3.49. The number of amides is 2. The molecule has 4 aromatic rings. The Bertz CT molecular complexity index is 1740. The fraction of sp³-hybridized carbons (Fsp3) is 0.394. The summed E-state index contributed by atoms with van der Waals surface area (Å²) in [6.45, 7) is 4.02. The van der Waals surface area contributed by atoms with Crippen LogP contribution in [0.1, 0.15) is 61.5 Å². The molecule has 234 valence electrons. The van der Waals surface area contributed by atoms with Gasteiger partial charge in [-0.15, -0.1) is 0 Å². The molecule has 1 aromatic carbocycles. The molecule has 45 heavy (non-hydrogen) atoms. The maximum absolute atomic E-state index is 13.4. The first-order valence-electron chi connectivity index (χ1n) is 15.3. The molecule has 2 fully saturated rings. The van der Waals surface area contributed by atoms with Gasteiger partial charge in [-0.2, -0.15) is 9.61 Å². The third-order valence-corrected chi connectivity index (χ3v) is 9.03. The molecule has 1 atom stereocenters. The standard InChI is InChI=1S/C33H37N7O5/c1-20(41)27-28(23-10-14-39(15-11-23)32(44)33(45)12-16-38(17-13-33)31(43)21(2)42)37-30-25(19-36-40(30)29(27)34)24-8-9-26(35-18-24)22-6-4-3-5-7-22/h3-9,18-19,21,23,42,45H,10-17,34H2,1-2H3/t21-/m1/s1. The van der Waals surface area contributed by atoms with Crippen LogP contribution in [0.5, 0.6) is 0 Å². The highest BCUT2D eigenvalue weighted by atomic mass is 16.3. The SMILES string of the molecule is CC(=O)c1c(C2CCN(C(=O)C3(O)CCN(C(=O)[C@@H](C)O)CC3)CC2)nc2c(-c3ccc(-c4ccccc4)nc3)cnn2c1N. The van der Waals surface area contributed by atoms with Crippen molar-refractivity contribution < 1.29 is 24.6 Å². The minimum atomic E-state index is -1.56. The van der Waals surface area contributed by atoms with Gasteiger partial charge in [-0.25, -0.2) is 4.98 Å². The maximum Gasteiger partial charge on any atom is 0.254 e. The first-order chi connectivity index (χ1) is 21.6. The summed E-state index contributed by atoms with van der Waals surface area (Å²) in [7, 11) is 0. The minimum Gasteiger partial charge on any atom is -0.384 e. The molecule has 6 rings (SSSR count). The number of hydrogen-bond acceptors (Lipinski definition) is 9. The van der Waals surface area contributed by atoms with Gasteiger partial charge in [0, 0.05) is 67.8 Å². The molecule has 3 aromatic heterocycles. The monoisotopic (exact) mass is 611 g/mol. The Morgan fingerprint density at radius 3 is 2.24 bits per heavy atom. The first kappa shape index (κ1) is 30.4. The van der Waals surface area contributed by atoms with E-state index in [1.165, 1.54) is 23.3 Å². The molecule has 0 radical (unpaired) electrons. The Hall–Kier alpha value is -4.68. The number of rotatable bonds is 6. The summed E-state index contributed by atoms with van der Waals surface area (Å²) in [4.78, 5) is 51.2. The molecule has 0 unspecified atom stereocenters. The molecule has 0 bridgehead atoms. The van der Waals surface area contributed by atoms with Gasteiger partial charge >= 0.3 is 0 Å². The second-order valence-corrected chi connectivity index (χ2v) is 12.0. The minimum absolute atomic E-state index is 0.110. The smallest absolute Gasteiger partial charge is 0.254 e. The zero-order chi connectivity index (χ0) is 31.9. The molecule has 12 heteroatoms. The molecule has 0 saturated carbocycles. The van der Waals surface area contributed by atoms with Crippen molar-refractivity contribution in [1.82, 2.24) is 29.4 Å². The third-order valence-electron chi connectivity index (χ3n) is 9.03. The van der Waals surface area contributed by atoms with Gasteiger partial charge in [-0.1, -0.05) is 36.4 Å². The summed E-state index contributed by atoms with van der Waals surface area (Å²) in [5.74, 6) is -0.897. The number of Topliss-reactive ketones (excluding diaryl/α,β-unsaturated/α-hetero) is 1. The predicted molar refractivity (Wildman–Crippen MR) is 167 cm³/mol. The molecule has 12 nitrogen and oxygen atoms in total. The summed E-state index contributed by atoms with van der Waals surface area (Å²) < 4.78 is 1.49. The summed E-state index contributed by atoms with van der Waals surface area (Å²) in [6, 6.07) is 13.8. The van der Waals surface area contributed by atoms with Crippen molar-refractivity contribution in [3.63, 3.8) is 0 Å². The van der Waals surface area contributed by atoms with Gasteiger partial charge in [0.2, 0.25) is 0 Å². The van der Waals surface area contributed by atoms with Crippen molar-refractivity contribution in [3.8, 4) is 22.4 Å². The van der Waals surface area contributed by atoms with Gasteiger partial charge in [-0.3, -0.25) is 19.4 Å². The van der Waals surface area contributed by atoms with E-state index < -0.39 is 17.6 Å². The fourth-order valence-electron chi connectivity index (χ4n) is 6.45. The largest absolute Gasteiger partial charge is 0.384 e. The number of ketones is 1. The van der Waals surface area contributed by atoms with Crippen molar-refractivity contribution in [2.75, 3.05) is 31.9 Å². The van der Waals surface area contributed by atoms with E-state index in [1.54, 1.807) is 17.3 Å². The zero-order valence-electron chi connectivity index (χ0n) is 25.4. The number of carbonyl (C=O) groups excluding carboxylic acids is 3. The second-order valence-electron chi connectivity index (χ2n) is 12.0. The van der Waals surface area contributed by atoms with Crippen molar-refractivity contribution in [3.05, 3.63) is 66.1 Å². The number of benzene rings is 1. The Morgan fingerprint density at radius 1 is 0.956 bits per heavy atom. The number of piperidine rings is 2. The van der Waals surface area contributed by atoms with E-state index in [0.717, 1.165) is 22.4 Å². The van der Waals surface area contributed by atoms with Crippen LogP contribution in [0, 0.1) is 0 Å². The highest BCUT2D eigenvalue weighted by molar-refractivity contribution is 6.00. The summed E-state index contributed by atoms with van der Waals surface area (Å²) in [6.07, 6.45) is 3.62. The number of aromatic nitrogens is 4. The number of aliphatic hydroxyl groups is 2. The van der Waals surface area contributed by atoms with Gasteiger partial charge in [0.15, 0.2) is 11.4 Å². The lowest BCUT2D eigenvalue weighted by Crippen LogP contribution is -2.57. The van der Waals surface area contributed by atoms with E-state index in [0.29, 0.717) is 42.8 Å². The Kier molecular flexibility index (Phi) is 8.10. The van der Waals surface area contributed by atoms with Gasteiger partial charge < -0.3 is 25.7 Å². The topological polar surface area (TPSA) is 167 Å². The number of nitrogens with two attached hydrogens (primary N) is 1. The molecular formula is C33H37N7O5. The average molecular weight is 612 g/mol. The molecule has 5 heterocycles. The Morgan fingerprint density at radius 2 is 1.64 bits per heavy atom. The number of aliphatic hydroxyl groups excluding tert-OH is 1. The van der Waals surface area contributed by atoms with Crippen LogP contribution in [0.25, 0.3) is 28.0 Å². The van der Waals surface area contributed by atoms with Crippen molar-refractivity contribution in [1.29, 1.82) is 0 Å². The van der Waals surface area contributed by atoms with E-state index >= 15 is 0 Å². The van der Waals surface area contributed by atoms with Gasteiger partial charge in [0.05, 0.1) is 23.1 Å². The highest BCUT2D eigenvalue weighted by Gasteiger charge is 2.44. The Labute approximate surface area is 260 Å². The van der Waals surface area contributed by atoms with E-state index in [-0.39, 0.29) is 49.4 Å². The van der Waals surface area contributed by atoms with E-state index in [1.807, 2.05) is 42.5 Å². The van der Waals surface area contributed by atoms with E-state index in [9.17, 15) is 24.6 Å². The number of pyridine rings is 1. The quantitative estimate of drug-likeness (QED) is 0.278. The predicted octanol–water partition coefficient (Wildman–Crippen LogP) is 2.68. The van der Waals surface area contributed by atoms with Crippen LogP contribution >= 0.6 is 0 Å². The molecule has 2 saturated heterocycles. The van der Waals surface area contributed by atoms with Gasteiger partial charge in [0.25, 0.3) is 11.8 Å². The molecule has 2 aliphatic heterocycles. The van der Waals surface area contributed by atoms with Crippen LogP contribution in [-0.2, 0) is 9.59 Å². The van der Waals surface area contributed by atoms with Crippen molar-refractivity contribution in [2.45, 2.75) is 57.2 Å². The molecule has 2 aliphatic rings. The highest BCUT2D eigenvalue weighted by Crippen LogP contribution is 2.36. The van der Waals surface area contributed by atoms with Gasteiger partial charge in [-0.05, 0) is 32.8 Å². The molecule has 2 amide bonds. The van der Waals surface area contributed by atoms with Crippen LogP contribution in [-0.4, -0.2) is 95.1 Å². The molecular weight excluding hydrogens is 574 g/mol. The maximum atomic E-state index is 13.4. The van der Waals surface area contributed by atoms with E-state index in [4.69, 9.17) is 10.7 Å². The first-order valence-corrected chi connectivity index (χ1v) is 15.3. The zero-order valence-corrected chi connectivity index (χ0v) is 25.4. The molecule has 0 aliphatic carbocycles. The van der Waals surface area contributed by atoms with Crippen LogP contribution < -0.4 is 5.73 Å². The number of hydrogen-bond donors (Lipinski definition) is 3. The number of nitrogen functional groups attached to an aromatic ring is 1. The van der Waals surface area contributed by atoms with Crippen LogP contribution in [0.3, 0.4) is 0 Å². The van der Waals surface area contributed by atoms with Gasteiger partial charge in [0.1, 0.15) is 17.5 Å². The van der Waals surface area contributed by atoms with Crippen molar-refractivity contribution >= 4 is 29.1 Å². The lowest BCUT2D eigenvalue weighted by atomic mass is 9.86. The Balaban J connectivity index is 1.22. The number of anilines is 1. The van der Waals surface area contributed by atoms with Crippen LogP contribution in [0.2, 0.25) is 0 Å². The number of fused-ring (bicyclic) bond motifs is 1. The number of likely N-dealkylation sites (tertiary alicyclic amines) is 2. The second kappa shape index (κ2) is 12.0. The summed E-state index contributed by atoms with van der Waals surface area (Å²) in [5.41, 5.74) is 9.81. The lowest BCUT2D eigenvalue weighted by molar-refractivity contribution is -0.161. The molecule has 0 spiro atoms. The van der Waals surface area contributed by atoms with Crippen LogP contribution in [0.15, 0.2) is 54.9 Å². The third kappa shape index (κ3) is 5.67.